The van der Waals surface area contributed by atoms with E-state index in [0.717, 1.165) is 17.5 Å². The molecule has 0 aliphatic heterocycles. The lowest BCUT2D eigenvalue weighted by Crippen LogP contribution is -2.35. The molecule has 30 heavy (non-hydrogen) atoms. The third-order valence-corrected chi connectivity index (χ3v) is 4.59. The Morgan fingerprint density at radius 1 is 0.900 bits per heavy atom. The molecule has 0 fully saturated rings. The summed E-state index contributed by atoms with van der Waals surface area (Å²) in [4.78, 5) is 27.0. The molecule has 0 aliphatic carbocycles. The van der Waals surface area contributed by atoms with E-state index in [1.54, 1.807) is 4.90 Å². The van der Waals surface area contributed by atoms with Crippen LogP contribution in [0.25, 0.3) is 0 Å². The van der Waals surface area contributed by atoms with Crippen molar-refractivity contribution in [3.8, 4) is 17.2 Å². The molecular weight excluding hydrogens is 386 g/mol. The first kappa shape index (κ1) is 23.1. The van der Waals surface area contributed by atoms with Crippen LogP contribution in [0.3, 0.4) is 0 Å². The highest BCUT2D eigenvalue weighted by molar-refractivity contribution is 5.95. The summed E-state index contributed by atoms with van der Waals surface area (Å²) in [7, 11) is 4.40. The molecule has 2 aromatic rings. The molecule has 2 rings (SSSR count). The summed E-state index contributed by atoms with van der Waals surface area (Å²) in [5, 5.41) is 0. The highest BCUT2D eigenvalue weighted by atomic mass is 16.5. The number of carbonyl (C=O) groups is 2. The van der Waals surface area contributed by atoms with Crippen LogP contribution in [0.15, 0.2) is 36.4 Å². The lowest BCUT2D eigenvalue weighted by atomic mass is 10.1. The number of carbonyl (C=O) groups excluding carboxylic acids is 2. The maximum Gasteiger partial charge on any atom is 0.342 e. The SMILES string of the molecule is CCCN(Cc1ccc(C)cc1)C(=O)COC(=O)c1cc(OC)c(OC)cc1OC. The van der Waals surface area contributed by atoms with Crippen molar-refractivity contribution in [2.45, 2.75) is 26.8 Å². The smallest absolute Gasteiger partial charge is 0.342 e. The normalized spacial score (nSPS) is 10.3. The highest BCUT2D eigenvalue weighted by Crippen LogP contribution is 2.34. The summed E-state index contributed by atoms with van der Waals surface area (Å²) < 4.78 is 21.0. The van der Waals surface area contributed by atoms with Crippen LogP contribution in [-0.4, -0.2) is 51.3 Å². The van der Waals surface area contributed by atoms with Gasteiger partial charge in [0.1, 0.15) is 11.3 Å². The summed E-state index contributed by atoms with van der Waals surface area (Å²) >= 11 is 0. The molecule has 0 aliphatic rings. The van der Waals surface area contributed by atoms with E-state index in [-0.39, 0.29) is 23.8 Å². The zero-order chi connectivity index (χ0) is 22.1. The van der Waals surface area contributed by atoms with E-state index in [4.69, 9.17) is 18.9 Å². The van der Waals surface area contributed by atoms with Gasteiger partial charge in [0.2, 0.25) is 0 Å². The number of rotatable bonds is 10. The van der Waals surface area contributed by atoms with Crippen molar-refractivity contribution in [1.82, 2.24) is 4.90 Å². The number of benzene rings is 2. The monoisotopic (exact) mass is 415 g/mol. The van der Waals surface area contributed by atoms with Crippen LogP contribution in [0.1, 0.15) is 34.8 Å². The molecule has 0 heterocycles. The van der Waals surface area contributed by atoms with Gasteiger partial charge in [-0.15, -0.1) is 0 Å². The van der Waals surface area contributed by atoms with Gasteiger partial charge in [0.25, 0.3) is 5.91 Å². The topological polar surface area (TPSA) is 74.3 Å². The van der Waals surface area contributed by atoms with Gasteiger partial charge in [-0.3, -0.25) is 4.79 Å². The van der Waals surface area contributed by atoms with E-state index < -0.39 is 5.97 Å². The molecule has 0 bridgehead atoms. The van der Waals surface area contributed by atoms with Crippen molar-refractivity contribution >= 4 is 11.9 Å². The standard InChI is InChI=1S/C23H29NO6/c1-6-11-24(14-17-9-7-16(2)8-10-17)22(25)15-30-23(26)18-12-20(28-4)21(29-5)13-19(18)27-3/h7-10,12-13H,6,11,14-15H2,1-5H3. The third kappa shape index (κ3) is 5.89. The van der Waals surface area contributed by atoms with Crippen LogP contribution in [0.5, 0.6) is 17.2 Å². The third-order valence-electron chi connectivity index (χ3n) is 4.59. The quantitative estimate of drug-likeness (QED) is 0.552. The zero-order valence-electron chi connectivity index (χ0n) is 18.2. The Balaban J connectivity index is 2.09. The molecule has 7 heteroatoms. The summed E-state index contributed by atoms with van der Waals surface area (Å²) in [6.07, 6.45) is 0.801. The van der Waals surface area contributed by atoms with Crippen LogP contribution in [0.4, 0.5) is 0 Å². The van der Waals surface area contributed by atoms with Crippen LogP contribution in [0, 0.1) is 6.92 Å². The molecule has 2 aromatic carbocycles. The number of nitrogens with zero attached hydrogens (tertiary/aromatic N) is 1. The zero-order valence-corrected chi connectivity index (χ0v) is 18.2. The Morgan fingerprint density at radius 2 is 1.50 bits per heavy atom. The molecule has 0 saturated heterocycles. The molecule has 1 amide bonds. The van der Waals surface area contributed by atoms with Crippen molar-refractivity contribution in [3.05, 3.63) is 53.1 Å². The fourth-order valence-corrected chi connectivity index (χ4v) is 2.96. The predicted octanol–water partition coefficient (Wildman–Crippen LogP) is 3.62. The van der Waals surface area contributed by atoms with E-state index in [9.17, 15) is 9.59 Å². The second-order valence-corrected chi connectivity index (χ2v) is 6.78. The Bertz CT molecular complexity index is 863. The number of aryl methyl sites for hydroxylation is 1. The number of hydrogen-bond donors (Lipinski definition) is 0. The molecule has 162 valence electrons. The van der Waals surface area contributed by atoms with Crippen LogP contribution in [0.2, 0.25) is 0 Å². The van der Waals surface area contributed by atoms with Gasteiger partial charge < -0.3 is 23.8 Å². The van der Waals surface area contributed by atoms with Crippen molar-refractivity contribution < 1.29 is 28.5 Å². The maximum absolute atomic E-state index is 12.7. The summed E-state index contributed by atoms with van der Waals surface area (Å²) in [6, 6.07) is 11.0. The molecule has 0 saturated carbocycles. The van der Waals surface area contributed by atoms with Crippen LogP contribution in [-0.2, 0) is 16.1 Å². The number of hydrogen-bond acceptors (Lipinski definition) is 6. The van der Waals surface area contributed by atoms with Crippen LogP contribution >= 0.6 is 0 Å². The van der Waals surface area contributed by atoms with Gasteiger partial charge in [-0.2, -0.15) is 0 Å². The Morgan fingerprint density at radius 3 is 2.07 bits per heavy atom. The largest absolute Gasteiger partial charge is 0.496 e. The second-order valence-electron chi connectivity index (χ2n) is 6.78. The van der Waals surface area contributed by atoms with Crippen molar-refractivity contribution in [1.29, 1.82) is 0 Å². The first-order valence-electron chi connectivity index (χ1n) is 9.73. The molecule has 0 N–H and O–H groups in total. The fourth-order valence-electron chi connectivity index (χ4n) is 2.96. The van der Waals surface area contributed by atoms with Gasteiger partial charge in [0.15, 0.2) is 18.1 Å². The fraction of sp³-hybridized carbons (Fsp3) is 0.391. The van der Waals surface area contributed by atoms with Crippen molar-refractivity contribution in [2.75, 3.05) is 34.5 Å². The lowest BCUT2D eigenvalue weighted by molar-refractivity contribution is -0.135. The van der Waals surface area contributed by atoms with Crippen molar-refractivity contribution in [3.63, 3.8) is 0 Å². The summed E-state index contributed by atoms with van der Waals surface area (Å²) in [5.41, 5.74) is 2.34. The molecular formula is C23H29NO6. The Hall–Kier alpha value is -3.22. The Labute approximate surface area is 177 Å². The second kappa shape index (κ2) is 11.1. The first-order chi connectivity index (χ1) is 14.4. The molecule has 0 aromatic heterocycles. The van der Waals surface area contributed by atoms with Crippen molar-refractivity contribution in [2.24, 2.45) is 0 Å². The molecule has 0 atom stereocenters. The predicted molar refractivity (Wildman–Crippen MR) is 113 cm³/mol. The highest BCUT2D eigenvalue weighted by Gasteiger charge is 2.21. The minimum atomic E-state index is -0.673. The molecule has 0 radical (unpaired) electrons. The average Bonchev–Trinajstić information content (AvgIpc) is 2.77. The van der Waals surface area contributed by atoms with Gasteiger partial charge in [0, 0.05) is 25.2 Å². The lowest BCUT2D eigenvalue weighted by Gasteiger charge is -2.22. The maximum atomic E-state index is 12.7. The summed E-state index contributed by atoms with van der Waals surface area (Å²) in [6.45, 7) is 4.69. The van der Waals surface area contributed by atoms with Gasteiger partial charge in [-0.1, -0.05) is 36.8 Å². The van der Waals surface area contributed by atoms with E-state index in [0.29, 0.717) is 24.6 Å². The first-order valence-corrected chi connectivity index (χ1v) is 9.73. The number of amides is 1. The van der Waals surface area contributed by atoms with E-state index in [2.05, 4.69) is 0 Å². The van der Waals surface area contributed by atoms with E-state index >= 15 is 0 Å². The Kier molecular flexibility index (Phi) is 8.53. The molecule has 7 nitrogen and oxygen atoms in total. The minimum Gasteiger partial charge on any atom is -0.496 e. The molecule has 0 spiro atoms. The van der Waals surface area contributed by atoms with E-state index in [1.807, 2.05) is 38.1 Å². The average molecular weight is 415 g/mol. The van der Waals surface area contributed by atoms with Gasteiger partial charge >= 0.3 is 5.97 Å². The van der Waals surface area contributed by atoms with Gasteiger partial charge in [-0.25, -0.2) is 4.79 Å². The van der Waals surface area contributed by atoms with Crippen LogP contribution < -0.4 is 14.2 Å². The summed E-state index contributed by atoms with van der Waals surface area (Å²) in [5.74, 6) is 0.131. The van der Waals surface area contributed by atoms with Gasteiger partial charge in [0.05, 0.1) is 21.3 Å². The minimum absolute atomic E-state index is 0.156. The number of esters is 1. The number of methoxy groups -OCH3 is 3. The van der Waals surface area contributed by atoms with Gasteiger partial charge in [-0.05, 0) is 18.9 Å². The van der Waals surface area contributed by atoms with E-state index in [1.165, 1.54) is 33.5 Å². The number of ether oxygens (including phenoxy) is 4. The molecule has 0 unspecified atom stereocenters.